The van der Waals surface area contributed by atoms with Crippen molar-refractivity contribution >= 4 is 11.8 Å². The zero-order chi connectivity index (χ0) is 23.9. The molecule has 2 heterocycles. The fraction of sp³-hybridized carbons (Fsp3) is 0.640. The summed E-state index contributed by atoms with van der Waals surface area (Å²) in [6, 6.07) is 9.08. The molecule has 184 valence electrons. The number of likely N-dealkylation sites (N-methyl/N-ethyl adjacent to an activating group) is 1. The number of likely N-dealkylation sites (tertiary alicyclic amines) is 1. The number of benzene rings is 1. The lowest BCUT2D eigenvalue weighted by molar-refractivity contribution is -0.139. The number of nitrogens with one attached hydrogen (secondary N) is 2. The highest BCUT2D eigenvalue weighted by Crippen LogP contribution is 2.34. The second-order valence-electron chi connectivity index (χ2n) is 9.50. The van der Waals surface area contributed by atoms with Crippen molar-refractivity contribution in [3.8, 4) is 0 Å². The standard InChI is InChI=1S/C25H37N7O2/c1-3-20(26-2)24(33)27-22(19-13-8-5-9-14-19)25(34)31-16-10-15-21(31)23-28-29-30-32(23)17-18-11-6-4-7-12-18/h4,6-7,11-12,19-22,26H,3,5,8-10,13-17H2,1-2H3,(H,27,33)/t20?,21-,22?/m0/s1. The first-order valence-corrected chi connectivity index (χ1v) is 12.7. The number of hydrogen-bond donors (Lipinski definition) is 2. The molecule has 3 atom stereocenters. The Kier molecular flexibility index (Phi) is 8.26. The van der Waals surface area contributed by atoms with E-state index in [0.29, 0.717) is 25.3 Å². The van der Waals surface area contributed by atoms with Crippen molar-refractivity contribution in [1.82, 2.24) is 35.7 Å². The lowest BCUT2D eigenvalue weighted by Gasteiger charge is -2.35. The van der Waals surface area contributed by atoms with Crippen LogP contribution in [-0.4, -0.2) is 62.6 Å². The number of nitrogens with zero attached hydrogens (tertiary/aromatic N) is 5. The van der Waals surface area contributed by atoms with E-state index in [9.17, 15) is 9.59 Å². The van der Waals surface area contributed by atoms with Crippen LogP contribution in [0, 0.1) is 5.92 Å². The van der Waals surface area contributed by atoms with Gasteiger partial charge in [0.2, 0.25) is 11.8 Å². The average Bonchev–Trinajstić information content (AvgIpc) is 3.53. The molecular formula is C25H37N7O2. The lowest BCUT2D eigenvalue weighted by atomic mass is 9.83. The Morgan fingerprint density at radius 1 is 1.09 bits per heavy atom. The first-order chi connectivity index (χ1) is 16.6. The highest BCUT2D eigenvalue weighted by atomic mass is 16.2. The molecule has 1 saturated heterocycles. The molecule has 2 aliphatic rings. The minimum atomic E-state index is -0.505. The normalized spacial score (nSPS) is 20.8. The third-order valence-electron chi connectivity index (χ3n) is 7.33. The Labute approximate surface area is 201 Å². The maximum Gasteiger partial charge on any atom is 0.246 e. The van der Waals surface area contributed by atoms with E-state index < -0.39 is 6.04 Å². The number of aromatic nitrogens is 4. The van der Waals surface area contributed by atoms with Gasteiger partial charge in [0.1, 0.15) is 6.04 Å². The average molecular weight is 468 g/mol. The Morgan fingerprint density at radius 3 is 2.56 bits per heavy atom. The number of amides is 2. The van der Waals surface area contributed by atoms with Crippen LogP contribution in [-0.2, 0) is 16.1 Å². The minimum absolute atomic E-state index is 0.00275. The molecule has 2 fully saturated rings. The van der Waals surface area contributed by atoms with Crippen molar-refractivity contribution in [3.63, 3.8) is 0 Å². The van der Waals surface area contributed by atoms with E-state index in [1.807, 2.05) is 42.2 Å². The van der Waals surface area contributed by atoms with Crippen LogP contribution in [0.4, 0.5) is 0 Å². The van der Waals surface area contributed by atoms with Gasteiger partial charge in [0.25, 0.3) is 0 Å². The highest BCUT2D eigenvalue weighted by molar-refractivity contribution is 5.90. The number of carbonyl (C=O) groups is 2. The van der Waals surface area contributed by atoms with Crippen molar-refractivity contribution in [2.45, 2.75) is 83.0 Å². The lowest BCUT2D eigenvalue weighted by Crippen LogP contribution is -2.56. The highest BCUT2D eigenvalue weighted by Gasteiger charge is 2.40. The molecule has 0 spiro atoms. The summed E-state index contributed by atoms with van der Waals surface area (Å²) < 4.78 is 1.80. The summed E-state index contributed by atoms with van der Waals surface area (Å²) >= 11 is 0. The van der Waals surface area contributed by atoms with E-state index in [2.05, 4.69) is 26.2 Å². The predicted molar refractivity (Wildman–Crippen MR) is 129 cm³/mol. The van der Waals surface area contributed by atoms with E-state index in [1.54, 1.807) is 11.7 Å². The molecule has 1 aliphatic carbocycles. The number of hydrogen-bond acceptors (Lipinski definition) is 6. The summed E-state index contributed by atoms with van der Waals surface area (Å²) in [5.41, 5.74) is 1.11. The molecule has 2 amide bonds. The Morgan fingerprint density at radius 2 is 1.85 bits per heavy atom. The van der Waals surface area contributed by atoms with Crippen LogP contribution in [0.5, 0.6) is 0 Å². The molecule has 1 aliphatic heterocycles. The van der Waals surface area contributed by atoms with Crippen LogP contribution in [0.1, 0.15) is 75.7 Å². The smallest absolute Gasteiger partial charge is 0.246 e. The second kappa shape index (κ2) is 11.6. The summed E-state index contributed by atoms with van der Waals surface area (Å²) in [4.78, 5) is 28.8. The van der Waals surface area contributed by atoms with Crippen LogP contribution in [0.15, 0.2) is 30.3 Å². The molecular weight excluding hydrogens is 430 g/mol. The van der Waals surface area contributed by atoms with Crippen LogP contribution in [0.25, 0.3) is 0 Å². The van der Waals surface area contributed by atoms with Gasteiger partial charge in [0.15, 0.2) is 5.82 Å². The summed E-state index contributed by atoms with van der Waals surface area (Å²) in [6.07, 6.45) is 7.73. The van der Waals surface area contributed by atoms with Crippen molar-refractivity contribution in [2.75, 3.05) is 13.6 Å². The van der Waals surface area contributed by atoms with E-state index in [0.717, 1.165) is 44.1 Å². The summed E-state index contributed by atoms with van der Waals surface area (Å²) in [6.45, 7) is 3.19. The van der Waals surface area contributed by atoms with Gasteiger partial charge in [-0.3, -0.25) is 9.59 Å². The fourth-order valence-electron chi connectivity index (χ4n) is 5.42. The summed E-state index contributed by atoms with van der Waals surface area (Å²) in [5, 5.41) is 18.7. The molecule has 1 saturated carbocycles. The molecule has 9 nitrogen and oxygen atoms in total. The third kappa shape index (κ3) is 5.46. The number of rotatable bonds is 9. The zero-order valence-electron chi connectivity index (χ0n) is 20.3. The molecule has 2 aromatic rings. The predicted octanol–water partition coefficient (Wildman–Crippen LogP) is 2.45. The fourth-order valence-corrected chi connectivity index (χ4v) is 5.42. The molecule has 0 radical (unpaired) electrons. The second-order valence-corrected chi connectivity index (χ2v) is 9.50. The zero-order valence-corrected chi connectivity index (χ0v) is 20.3. The topological polar surface area (TPSA) is 105 Å². The Bertz CT molecular complexity index is 938. The molecule has 4 rings (SSSR count). The maximum atomic E-state index is 14.0. The van der Waals surface area contributed by atoms with Crippen LogP contribution < -0.4 is 10.6 Å². The van der Waals surface area contributed by atoms with Gasteiger partial charge in [-0.2, -0.15) is 0 Å². The first-order valence-electron chi connectivity index (χ1n) is 12.7. The molecule has 9 heteroatoms. The molecule has 2 N–H and O–H groups in total. The third-order valence-corrected chi connectivity index (χ3v) is 7.33. The van der Waals surface area contributed by atoms with Crippen LogP contribution in [0.3, 0.4) is 0 Å². The van der Waals surface area contributed by atoms with E-state index in [4.69, 9.17) is 0 Å². The van der Waals surface area contributed by atoms with Crippen LogP contribution in [0.2, 0.25) is 0 Å². The molecule has 1 aromatic heterocycles. The number of carbonyl (C=O) groups excluding carboxylic acids is 2. The van der Waals surface area contributed by atoms with Gasteiger partial charge in [-0.05, 0) is 61.1 Å². The van der Waals surface area contributed by atoms with Gasteiger partial charge in [0.05, 0.1) is 18.6 Å². The van der Waals surface area contributed by atoms with E-state index in [-0.39, 0.29) is 29.8 Å². The first kappa shape index (κ1) is 24.3. The van der Waals surface area contributed by atoms with Crippen molar-refractivity contribution in [2.24, 2.45) is 5.92 Å². The Balaban J connectivity index is 1.55. The molecule has 1 aromatic carbocycles. The molecule has 0 bridgehead atoms. The van der Waals surface area contributed by atoms with E-state index >= 15 is 0 Å². The van der Waals surface area contributed by atoms with Gasteiger partial charge in [0, 0.05) is 6.54 Å². The molecule has 34 heavy (non-hydrogen) atoms. The largest absolute Gasteiger partial charge is 0.343 e. The quantitative estimate of drug-likeness (QED) is 0.587. The summed E-state index contributed by atoms with van der Waals surface area (Å²) in [5.74, 6) is 0.785. The van der Waals surface area contributed by atoms with E-state index in [1.165, 1.54) is 6.42 Å². The van der Waals surface area contributed by atoms with Gasteiger partial charge in [-0.15, -0.1) is 5.10 Å². The van der Waals surface area contributed by atoms with Crippen molar-refractivity contribution < 1.29 is 9.59 Å². The monoisotopic (exact) mass is 467 g/mol. The van der Waals surface area contributed by atoms with Crippen molar-refractivity contribution in [3.05, 3.63) is 41.7 Å². The Hall–Kier alpha value is -2.81. The molecule has 2 unspecified atom stereocenters. The minimum Gasteiger partial charge on any atom is -0.343 e. The van der Waals surface area contributed by atoms with Crippen LogP contribution >= 0.6 is 0 Å². The van der Waals surface area contributed by atoms with Gasteiger partial charge >= 0.3 is 0 Å². The number of tetrazole rings is 1. The maximum absolute atomic E-state index is 14.0. The van der Waals surface area contributed by atoms with Crippen molar-refractivity contribution in [1.29, 1.82) is 0 Å². The van der Waals surface area contributed by atoms with Gasteiger partial charge < -0.3 is 15.5 Å². The van der Waals surface area contributed by atoms with Gasteiger partial charge in [-0.25, -0.2) is 4.68 Å². The summed E-state index contributed by atoms with van der Waals surface area (Å²) in [7, 11) is 1.79. The SMILES string of the molecule is CCC(NC)C(=O)NC(C(=O)N1CCC[C@H]1c1nnnn1Cc1ccccc1)C1CCCCC1. The van der Waals surface area contributed by atoms with Gasteiger partial charge in [-0.1, -0.05) is 56.5 Å².